The Morgan fingerprint density at radius 1 is 1.29 bits per heavy atom. The number of nitrogens with one attached hydrogen (secondary N) is 3. The number of hydrogen-bond donors (Lipinski definition) is 3. The third-order valence-corrected chi connectivity index (χ3v) is 4.04. The van der Waals surface area contributed by atoms with Crippen molar-refractivity contribution in [3.05, 3.63) is 34.1 Å². The number of amides is 1. The highest BCUT2D eigenvalue weighted by Gasteiger charge is 2.22. The zero-order valence-electron chi connectivity index (χ0n) is 13.2. The van der Waals surface area contributed by atoms with Gasteiger partial charge in [-0.15, -0.1) is 12.4 Å². The van der Waals surface area contributed by atoms with Crippen LogP contribution in [0.3, 0.4) is 0 Å². The number of benzene rings is 1. The van der Waals surface area contributed by atoms with Crippen LogP contribution in [0, 0.1) is 0 Å². The lowest BCUT2D eigenvalue weighted by Crippen LogP contribution is -2.25. The topological polar surface area (TPSA) is 88.3 Å². The molecule has 2 heterocycles. The Hall–Kier alpha value is -1.96. The van der Waals surface area contributed by atoms with Crippen molar-refractivity contribution in [1.82, 2.24) is 15.5 Å². The van der Waals surface area contributed by atoms with Gasteiger partial charge in [0, 0.05) is 42.9 Å². The van der Waals surface area contributed by atoms with Gasteiger partial charge in [0.15, 0.2) is 5.69 Å². The van der Waals surface area contributed by atoms with Crippen molar-refractivity contribution < 1.29 is 14.3 Å². The predicted octanol–water partition coefficient (Wildman–Crippen LogP) is 2.40. The molecule has 9 heteroatoms. The first-order chi connectivity index (χ1) is 11.1. The molecule has 3 rings (SSSR count). The molecule has 0 atom stereocenters. The van der Waals surface area contributed by atoms with Gasteiger partial charge in [0.1, 0.15) is 11.5 Å². The molecular formula is C15H18Cl2N4O3. The minimum atomic E-state index is -0.311. The lowest BCUT2D eigenvalue weighted by molar-refractivity contribution is 0.102. The molecular weight excluding hydrogens is 355 g/mol. The average Bonchev–Trinajstić information content (AvgIpc) is 3.00. The first-order valence-corrected chi connectivity index (χ1v) is 7.51. The number of carbonyl (C=O) groups is 1. The molecule has 1 amide bonds. The number of H-pyrrole nitrogens is 1. The number of aromatic amines is 1. The van der Waals surface area contributed by atoms with E-state index in [1.807, 2.05) is 0 Å². The second-order valence-corrected chi connectivity index (χ2v) is 5.50. The molecule has 1 aromatic heterocycles. The third-order valence-electron chi connectivity index (χ3n) is 3.74. The molecule has 0 bridgehead atoms. The van der Waals surface area contributed by atoms with Crippen LogP contribution in [0.25, 0.3) is 0 Å². The third kappa shape index (κ3) is 3.43. The summed E-state index contributed by atoms with van der Waals surface area (Å²) < 4.78 is 10.4. The fraction of sp³-hybridized carbons (Fsp3) is 0.333. The number of rotatable bonds is 4. The standard InChI is InChI=1S/C15H17ClN4O3.ClH/c1-22-12-6-11(13(23-2)5-9(12)16)18-15(21)14-8-7-17-4-3-10(8)19-20-14;/h5-6,17H,3-4,7H2,1-2H3,(H,18,21)(H,19,20);1H. The molecule has 0 fully saturated rings. The summed E-state index contributed by atoms with van der Waals surface area (Å²) in [5, 5.41) is 13.5. The van der Waals surface area contributed by atoms with E-state index in [-0.39, 0.29) is 18.3 Å². The van der Waals surface area contributed by atoms with E-state index in [2.05, 4.69) is 20.8 Å². The summed E-state index contributed by atoms with van der Waals surface area (Å²) >= 11 is 6.07. The van der Waals surface area contributed by atoms with Gasteiger partial charge in [0.05, 0.1) is 24.9 Å². The van der Waals surface area contributed by atoms with Crippen LogP contribution in [0.2, 0.25) is 5.02 Å². The molecule has 0 unspecified atom stereocenters. The molecule has 1 aromatic carbocycles. The lowest BCUT2D eigenvalue weighted by atomic mass is 10.1. The maximum Gasteiger partial charge on any atom is 0.276 e. The van der Waals surface area contributed by atoms with Crippen LogP contribution in [-0.4, -0.2) is 36.9 Å². The van der Waals surface area contributed by atoms with Gasteiger partial charge in [-0.1, -0.05) is 11.6 Å². The van der Waals surface area contributed by atoms with Gasteiger partial charge in [0.25, 0.3) is 5.91 Å². The summed E-state index contributed by atoms with van der Waals surface area (Å²) in [7, 11) is 3.02. The van der Waals surface area contributed by atoms with Crippen molar-refractivity contribution in [2.24, 2.45) is 0 Å². The van der Waals surface area contributed by atoms with E-state index in [1.54, 1.807) is 12.1 Å². The Labute approximate surface area is 150 Å². The molecule has 3 N–H and O–H groups in total. The molecule has 0 saturated carbocycles. The van der Waals surface area contributed by atoms with Crippen LogP contribution >= 0.6 is 24.0 Å². The first-order valence-electron chi connectivity index (χ1n) is 7.13. The summed E-state index contributed by atoms with van der Waals surface area (Å²) in [5.41, 5.74) is 2.74. The highest BCUT2D eigenvalue weighted by Crippen LogP contribution is 2.36. The average molecular weight is 373 g/mol. The number of methoxy groups -OCH3 is 2. The number of nitrogens with zero attached hydrogens (tertiary/aromatic N) is 1. The molecule has 0 aliphatic carbocycles. The van der Waals surface area contributed by atoms with Gasteiger partial charge in [0.2, 0.25) is 0 Å². The van der Waals surface area contributed by atoms with Crippen LogP contribution in [0.15, 0.2) is 12.1 Å². The number of fused-ring (bicyclic) bond motifs is 1. The molecule has 0 spiro atoms. The lowest BCUT2D eigenvalue weighted by Gasteiger charge is -2.14. The highest BCUT2D eigenvalue weighted by molar-refractivity contribution is 6.32. The van der Waals surface area contributed by atoms with Gasteiger partial charge < -0.3 is 20.1 Å². The summed E-state index contributed by atoms with van der Waals surface area (Å²) in [5.74, 6) is 0.592. The van der Waals surface area contributed by atoms with Crippen LogP contribution in [-0.2, 0) is 13.0 Å². The molecule has 0 saturated heterocycles. The number of halogens is 2. The zero-order chi connectivity index (χ0) is 16.4. The molecule has 0 radical (unpaired) electrons. The van der Waals surface area contributed by atoms with Gasteiger partial charge in [-0.05, 0) is 0 Å². The Kier molecular flexibility index (Phi) is 5.93. The number of carbonyl (C=O) groups excluding carboxylic acids is 1. The number of aromatic nitrogens is 2. The zero-order valence-corrected chi connectivity index (χ0v) is 14.8. The van der Waals surface area contributed by atoms with Crippen LogP contribution in [0.1, 0.15) is 21.7 Å². The Morgan fingerprint density at radius 2 is 2.04 bits per heavy atom. The van der Waals surface area contributed by atoms with Crippen LogP contribution in [0.4, 0.5) is 5.69 Å². The summed E-state index contributed by atoms with van der Waals surface area (Å²) in [6.07, 6.45) is 0.827. The minimum absolute atomic E-state index is 0. The molecule has 24 heavy (non-hydrogen) atoms. The van der Waals surface area contributed by atoms with Gasteiger partial charge >= 0.3 is 0 Å². The van der Waals surface area contributed by atoms with E-state index in [0.29, 0.717) is 34.4 Å². The summed E-state index contributed by atoms with van der Waals surface area (Å²) in [6.45, 7) is 1.49. The fourth-order valence-electron chi connectivity index (χ4n) is 2.55. The second kappa shape index (κ2) is 7.74. The monoisotopic (exact) mass is 372 g/mol. The second-order valence-electron chi connectivity index (χ2n) is 5.10. The smallest absolute Gasteiger partial charge is 0.276 e. The first kappa shape index (κ1) is 18.4. The van der Waals surface area contributed by atoms with Crippen molar-refractivity contribution in [3.8, 4) is 11.5 Å². The maximum atomic E-state index is 12.5. The van der Waals surface area contributed by atoms with E-state index >= 15 is 0 Å². The normalized spacial score (nSPS) is 12.8. The highest BCUT2D eigenvalue weighted by atomic mass is 35.5. The Balaban J connectivity index is 0.00000208. The van der Waals surface area contributed by atoms with Gasteiger partial charge in [-0.25, -0.2) is 0 Å². The van der Waals surface area contributed by atoms with Crippen molar-refractivity contribution >= 4 is 35.6 Å². The van der Waals surface area contributed by atoms with Crippen molar-refractivity contribution in [2.75, 3.05) is 26.1 Å². The number of hydrogen-bond acceptors (Lipinski definition) is 5. The number of anilines is 1. The molecule has 2 aromatic rings. The van der Waals surface area contributed by atoms with E-state index in [1.165, 1.54) is 14.2 Å². The van der Waals surface area contributed by atoms with Crippen molar-refractivity contribution in [3.63, 3.8) is 0 Å². The van der Waals surface area contributed by atoms with Crippen LogP contribution < -0.4 is 20.1 Å². The summed E-state index contributed by atoms with van der Waals surface area (Å²) in [4.78, 5) is 12.5. The largest absolute Gasteiger partial charge is 0.495 e. The summed E-state index contributed by atoms with van der Waals surface area (Å²) in [6, 6.07) is 3.22. The van der Waals surface area contributed by atoms with Gasteiger partial charge in [-0.3, -0.25) is 9.89 Å². The maximum absolute atomic E-state index is 12.5. The van der Waals surface area contributed by atoms with Crippen molar-refractivity contribution in [2.45, 2.75) is 13.0 Å². The minimum Gasteiger partial charge on any atom is -0.495 e. The molecule has 1 aliphatic rings. The van der Waals surface area contributed by atoms with E-state index in [0.717, 1.165) is 24.2 Å². The SMILES string of the molecule is COc1cc(NC(=O)c2n[nH]c3c2CNCC3)c(OC)cc1Cl.Cl. The Bertz CT molecular complexity index is 749. The quantitative estimate of drug-likeness (QED) is 0.766. The molecule has 7 nitrogen and oxygen atoms in total. The van der Waals surface area contributed by atoms with Gasteiger partial charge in [-0.2, -0.15) is 5.10 Å². The molecule has 1 aliphatic heterocycles. The number of ether oxygens (including phenoxy) is 2. The molecule has 130 valence electrons. The van der Waals surface area contributed by atoms with Crippen LogP contribution in [0.5, 0.6) is 11.5 Å². The predicted molar refractivity (Wildman–Crippen MR) is 93.8 cm³/mol. The van der Waals surface area contributed by atoms with E-state index in [4.69, 9.17) is 21.1 Å². The fourth-order valence-corrected chi connectivity index (χ4v) is 2.78. The Morgan fingerprint density at radius 3 is 2.75 bits per heavy atom. The van der Waals surface area contributed by atoms with Crippen molar-refractivity contribution in [1.29, 1.82) is 0 Å². The van der Waals surface area contributed by atoms with E-state index < -0.39 is 0 Å². The van der Waals surface area contributed by atoms with E-state index in [9.17, 15) is 4.79 Å².